The van der Waals surface area contributed by atoms with Crippen LogP contribution in [0.3, 0.4) is 0 Å². The van der Waals surface area contributed by atoms with Crippen molar-refractivity contribution in [2.75, 3.05) is 33.7 Å². The second kappa shape index (κ2) is 6.37. The van der Waals surface area contributed by atoms with Crippen LogP contribution in [0.25, 0.3) is 0 Å². The van der Waals surface area contributed by atoms with Gasteiger partial charge in [-0.25, -0.2) is 0 Å². The van der Waals surface area contributed by atoms with E-state index in [9.17, 15) is 4.79 Å². The van der Waals surface area contributed by atoms with Crippen LogP contribution in [0.5, 0.6) is 0 Å². The van der Waals surface area contributed by atoms with Crippen LogP contribution in [0.4, 0.5) is 0 Å². The monoisotopic (exact) mass is 344 g/mol. The molecule has 1 amide bonds. The molecule has 1 aromatic heterocycles. The van der Waals surface area contributed by atoms with Crippen molar-refractivity contribution in [2.45, 2.75) is 19.3 Å². The lowest BCUT2D eigenvalue weighted by atomic mass is 10.1. The summed E-state index contributed by atoms with van der Waals surface area (Å²) >= 11 is 5.10. The average molecular weight is 345 g/mol. The maximum atomic E-state index is 12.4. The molecule has 1 fully saturated rings. The van der Waals surface area contributed by atoms with Crippen LogP contribution in [0.1, 0.15) is 24.1 Å². The van der Waals surface area contributed by atoms with E-state index in [0.29, 0.717) is 5.92 Å². The zero-order valence-electron chi connectivity index (χ0n) is 11.7. The molecule has 0 spiro atoms. The Morgan fingerprint density at radius 2 is 2.37 bits per heavy atom. The Morgan fingerprint density at radius 3 is 2.89 bits per heavy atom. The molecule has 0 bridgehead atoms. The van der Waals surface area contributed by atoms with E-state index in [-0.39, 0.29) is 11.8 Å². The number of likely N-dealkylation sites (tertiary alicyclic amines) is 1. The van der Waals surface area contributed by atoms with E-state index in [1.807, 2.05) is 31.0 Å². The third kappa shape index (κ3) is 3.80. The Kier molecular flexibility index (Phi) is 5.03. The van der Waals surface area contributed by atoms with Crippen molar-refractivity contribution in [3.63, 3.8) is 0 Å². The van der Waals surface area contributed by atoms with E-state index in [1.54, 1.807) is 11.3 Å². The van der Waals surface area contributed by atoms with E-state index in [4.69, 9.17) is 0 Å². The van der Waals surface area contributed by atoms with E-state index in [1.165, 1.54) is 6.42 Å². The first-order chi connectivity index (χ1) is 8.97. The number of halogens is 1. The Balaban J connectivity index is 1.91. The lowest BCUT2D eigenvalue weighted by Gasteiger charge is -2.24. The molecule has 0 aliphatic carbocycles. The van der Waals surface area contributed by atoms with Crippen molar-refractivity contribution >= 4 is 33.2 Å². The van der Waals surface area contributed by atoms with Crippen LogP contribution in [0.2, 0.25) is 0 Å². The van der Waals surface area contributed by atoms with Crippen LogP contribution in [0, 0.1) is 5.92 Å². The summed E-state index contributed by atoms with van der Waals surface area (Å²) < 4.78 is 1.09. The third-order valence-electron chi connectivity index (χ3n) is 3.79. The number of nitrogens with zero attached hydrogens (tertiary/aromatic N) is 2. The fourth-order valence-corrected chi connectivity index (χ4v) is 4.13. The molecule has 1 aliphatic heterocycles. The molecule has 19 heavy (non-hydrogen) atoms. The van der Waals surface area contributed by atoms with Gasteiger partial charge in [0, 0.05) is 25.0 Å². The molecule has 2 unspecified atom stereocenters. The molecule has 0 saturated carbocycles. The molecule has 0 aromatic carbocycles. The second-order valence-corrected chi connectivity index (χ2v) is 7.99. The summed E-state index contributed by atoms with van der Waals surface area (Å²) in [5, 5.41) is 0. The number of thiophene rings is 1. The van der Waals surface area contributed by atoms with Crippen molar-refractivity contribution < 1.29 is 4.79 Å². The van der Waals surface area contributed by atoms with Gasteiger partial charge < -0.3 is 9.80 Å². The van der Waals surface area contributed by atoms with Gasteiger partial charge in [0.25, 0.3) is 0 Å². The summed E-state index contributed by atoms with van der Waals surface area (Å²) in [5.74, 6) is 0.811. The van der Waals surface area contributed by atoms with Gasteiger partial charge in [0.2, 0.25) is 5.91 Å². The number of carbonyl (C=O) groups excluding carboxylic acids is 1. The normalized spacial score (nSPS) is 21.6. The molecule has 1 aliphatic rings. The van der Waals surface area contributed by atoms with Gasteiger partial charge >= 0.3 is 0 Å². The van der Waals surface area contributed by atoms with Gasteiger partial charge in [0.1, 0.15) is 0 Å². The minimum atomic E-state index is -0.0413. The topological polar surface area (TPSA) is 23.6 Å². The first-order valence-corrected chi connectivity index (χ1v) is 8.27. The highest BCUT2D eigenvalue weighted by Gasteiger charge is 2.25. The van der Waals surface area contributed by atoms with Gasteiger partial charge in [-0.2, -0.15) is 0 Å². The van der Waals surface area contributed by atoms with Gasteiger partial charge in [0.15, 0.2) is 0 Å². The fourth-order valence-electron chi connectivity index (χ4n) is 2.67. The minimum absolute atomic E-state index is 0.0413. The maximum absolute atomic E-state index is 12.4. The van der Waals surface area contributed by atoms with Crippen LogP contribution < -0.4 is 0 Å². The van der Waals surface area contributed by atoms with Gasteiger partial charge in [-0.15, -0.1) is 11.3 Å². The molecule has 106 valence electrons. The zero-order valence-corrected chi connectivity index (χ0v) is 14.1. The highest BCUT2D eigenvalue weighted by atomic mass is 79.9. The SMILES string of the molecule is CC(C(=O)N(C)CC1CCN(C)C1)c1ccc(Br)s1. The van der Waals surface area contributed by atoms with Crippen molar-refractivity contribution in [3.05, 3.63) is 20.8 Å². The van der Waals surface area contributed by atoms with Crippen LogP contribution >= 0.6 is 27.3 Å². The van der Waals surface area contributed by atoms with Crippen molar-refractivity contribution in [3.8, 4) is 0 Å². The number of rotatable bonds is 4. The quantitative estimate of drug-likeness (QED) is 0.838. The molecule has 1 aromatic rings. The van der Waals surface area contributed by atoms with Crippen LogP contribution in [-0.4, -0.2) is 49.4 Å². The summed E-state index contributed by atoms with van der Waals surface area (Å²) in [6, 6.07) is 4.05. The first-order valence-electron chi connectivity index (χ1n) is 6.66. The number of hydrogen-bond acceptors (Lipinski definition) is 3. The molecule has 2 atom stereocenters. The molecule has 5 heteroatoms. The zero-order chi connectivity index (χ0) is 14.0. The average Bonchev–Trinajstić information content (AvgIpc) is 2.96. The Hall–Kier alpha value is -0.390. The van der Waals surface area contributed by atoms with E-state index < -0.39 is 0 Å². The van der Waals surface area contributed by atoms with Crippen molar-refractivity contribution in [1.29, 1.82) is 0 Å². The molecule has 0 radical (unpaired) electrons. The molecule has 2 rings (SSSR count). The minimum Gasteiger partial charge on any atom is -0.345 e. The summed E-state index contributed by atoms with van der Waals surface area (Å²) in [5.41, 5.74) is 0. The van der Waals surface area contributed by atoms with Gasteiger partial charge in [0.05, 0.1) is 9.70 Å². The first kappa shape index (κ1) is 15.0. The summed E-state index contributed by atoms with van der Waals surface area (Å²) in [7, 11) is 4.08. The van der Waals surface area contributed by atoms with Crippen molar-refractivity contribution in [1.82, 2.24) is 9.80 Å². The smallest absolute Gasteiger partial charge is 0.230 e. The van der Waals surface area contributed by atoms with Gasteiger partial charge in [-0.05, 0) is 60.9 Å². The summed E-state index contributed by atoms with van der Waals surface area (Å²) in [4.78, 5) is 17.8. The number of hydrogen-bond donors (Lipinski definition) is 0. The van der Waals surface area contributed by atoms with Gasteiger partial charge in [-0.3, -0.25) is 4.79 Å². The highest BCUT2D eigenvalue weighted by molar-refractivity contribution is 9.11. The predicted octanol–water partition coefficient (Wildman–Crippen LogP) is 3.02. The highest BCUT2D eigenvalue weighted by Crippen LogP contribution is 2.29. The summed E-state index contributed by atoms with van der Waals surface area (Å²) in [6.07, 6.45) is 1.20. The largest absolute Gasteiger partial charge is 0.345 e. The Bertz CT molecular complexity index is 448. The molecule has 0 N–H and O–H groups in total. The number of amides is 1. The maximum Gasteiger partial charge on any atom is 0.230 e. The molecule has 2 heterocycles. The summed E-state index contributed by atoms with van der Waals surface area (Å²) in [6.45, 7) is 5.13. The number of likely N-dealkylation sites (N-methyl/N-ethyl adjacent to an activating group) is 1. The fraction of sp³-hybridized carbons (Fsp3) is 0.643. The number of carbonyl (C=O) groups is 1. The lowest BCUT2D eigenvalue weighted by molar-refractivity contribution is -0.131. The van der Waals surface area contributed by atoms with Crippen LogP contribution in [0.15, 0.2) is 15.9 Å². The lowest BCUT2D eigenvalue weighted by Crippen LogP contribution is -2.35. The molecule has 1 saturated heterocycles. The third-order valence-corrected chi connectivity index (χ3v) is 5.59. The predicted molar refractivity (Wildman–Crippen MR) is 83.7 cm³/mol. The molecular weight excluding hydrogens is 324 g/mol. The van der Waals surface area contributed by atoms with E-state index in [0.717, 1.165) is 28.3 Å². The molecular formula is C14H21BrN2OS. The van der Waals surface area contributed by atoms with Crippen LogP contribution in [-0.2, 0) is 4.79 Å². The van der Waals surface area contributed by atoms with Crippen molar-refractivity contribution in [2.24, 2.45) is 5.92 Å². The standard InChI is InChI=1S/C14H21BrN2OS/c1-10(12-4-5-13(15)19-12)14(18)17(3)9-11-6-7-16(2)8-11/h4-5,10-11H,6-9H2,1-3H3. The second-order valence-electron chi connectivity index (χ2n) is 5.50. The Morgan fingerprint density at radius 1 is 1.63 bits per heavy atom. The Labute approximate surface area is 127 Å². The van der Waals surface area contributed by atoms with Gasteiger partial charge in [-0.1, -0.05) is 0 Å². The van der Waals surface area contributed by atoms with E-state index in [2.05, 4.69) is 27.9 Å². The molecule has 3 nitrogen and oxygen atoms in total. The van der Waals surface area contributed by atoms with E-state index >= 15 is 0 Å².